The zero-order chi connectivity index (χ0) is 17.8. The van der Waals surface area contributed by atoms with Crippen molar-refractivity contribution in [3.05, 3.63) is 75.3 Å². The topological polar surface area (TPSA) is 26.5 Å². The molecule has 0 spiro atoms. The number of aryl methyl sites for hydroxylation is 1. The fraction of sp³-hybridized carbons (Fsp3) is 0.150. The molecule has 26 heavy (non-hydrogen) atoms. The van der Waals surface area contributed by atoms with Gasteiger partial charge in [-0.3, -0.25) is 9.56 Å². The first-order valence-electron chi connectivity index (χ1n) is 7.88. The number of hydrogen-bond acceptors (Lipinski definition) is 3. The second kappa shape index (κ2) is 9.35. The average Bonchev–Trinajstić information content (AvgIpc) is 2.97. The Morgan fingerprint density at radius 1 is 1.15 bits per heavy atom. The molecule has 3 aromatic rings. The third-order valence-electron chi connectivity index (χ3n) is 3.80. The first-order chi connectivity index (χ1) is 12.1. The van der Waals surface area contributed by atoms with Crippen LogP contribution >= 0.6 is 44.2 Å². The van der Waals surface area contributed by atoms with Crippen molar-refractivity contribution in [1.29, 1.82) is 0 Å². The molecule has 0 saturated heterocycles. The number of halogens is 2. The second-order valence-electron chi connectivity index (χ2n) is 5.46. The van der Waals surface area contributed by atoms with Crippen LogP contribution in [0.1, 0.15) is 4.88 Å². The van der Waals surface area contributed by atoms with Crippen molar-refractivity contribution in [1.82, 2.24) is 4.57 Å². The first-order valence-corrected chi connectivity index (χ1v) is 9.49. The van der Waals surface area contributed by atoms with Crippen molar-refractivity contribution in [2.45, 2.75) is 6.92 Å². The van der Waals surface area contributed by atoms with Crippen LogP contribution in [0.2, 0.25) is 0 Å². The molecular formula is C20H20Br2N2OS. The van der Waals surface area contributed by atoms with E-state index in [4.69, 9.17) is 9.73 Å². The fourth-order valence-corrected chi connectivity index (χ4v) is 3.91. The summed E-state index contributed by atoms with van der Waals surface area (Å²) in [5.41, 5.74) is 3.37. The Hall–Kier alpha value is -1.63. The summed E-state index contributed by atoms with van der Waals surface area (Å²) in [5, 5.41) is 0. The highest BCUT2D eigenvalue weighted by Gasteiger charge is 2.14. The lowest BCUT2D eigenvalue weighted by molar-refractivity contribution is 0.415. The third kappa shape index (κ3) is 4.37. The summed E-state index contributed by atoms with van der Waals surface area (Å²) >= 11 is 5.20. The normalized spacial score (nSPS) is 11.1. The molecule has 0 aliphatic heterocycles. The summed E-state index contributed by atoms with van der Waals surface area (Å²) in [6, 6.07) is 16.4. The minimum atomic E-state index is 0. The molecule has 0 bridgehead atoms. The Balaban J connectivity index is 0.00000243. The Morgan fingerprint density at radius 3 is 2.38 bits per heavy atom. The standard InChI is InChI=1S/C20H19BrN2OS.BrH/c1-4-13-22-20-23(17-9-7-16(21)8-10-17)19(14(2)25-20)15-5-11-18(24-3)12-6-15;/h4-12H,1,13H2,2-3H3;1H. The molecule has 1 aromatic heterocycles. The van der Waals surface area contributed by atoms with Gasteiger partial charge in [-0.1, -0.05) is 22.0 Å². The molecule has 2 aromatic carbocycles. The number of aromatic nitrogens is 1. The second-order valence-corrected chi connectivity index (χ2v) is 7.56. The van der Waals surface area contributed by atoms with E-state index in [2.05, 4.69) is 58.3 Å². The quantitative estimate of drug-likeness (QED) is 0.401. The van der Waals surface area contributed by atoms with E-state index in [1.54, 1.807) is 18.4 Å². The summed E-state index contributed by atoms with van der Waals surface area (Å²) in [7, 11) is 1.68. The van der Waals surface area contributed by atoms with E-state index in [9.17, 15) is 0 Å². The number of ether oxygens (including phenoxy) is 1. The fourth-order valence-electron chi connectivity index (χ4n) is 2.64. The third-order valence-corrected chi connectivity index (χ3v) is 5.32. The van der Waals surface area contributed by atoms with Crippen LogP contribution in [-0.2, 0) is 0 Å². The zero-order valence-corrected chi connectivity index (χ0v) is 18.7. The maximum atomic E-state index is 5.28. The molecule has 0 radical (unpaired) electrons. The predicted molar refractivity (Wildman–Crippen MR) is 119 cm³/mol. The lowest BCUT2D eigenvalue weighted by Gasteiger charge is -2.11. The predicted octanol–water partition coefficient (Wildman–Crippen LogP) is 5.95. The van der Waals surface area contributed by atoms with Crippen LogP contribution in [0, 0.1) is 6.92 Å². The Morgan fingerprint density at radius 2 is 1.81 bits per heavy atom. The van der Waals surface area contributed by atoms with Gasteiger partial charge in [-0.25, -0.2) is 0 Å². The molecule has 0 saturated carbocycles. The Labute approximate surface area is 176 Å². The lowest BCUT2D eigenvalue weighted by atomic mass is 10.1. The molecule has 0 fully saturated rings. The van der Waals surface area contributed by atoms with Gasteiger partial charge in [-0.15, -0.1) is 34.9 Å². The lowest BCUT2D eigenvalue weighted by Crippen LogP contribution is -2.14. The molecular weight excluding hydrogens is 476 g/mol. The molecule has 1 heterocycles. The number of benzene rings is 2. The molecule has 0 aliphatic rings. The average molecular weight is 496 g/mol. The number of hydrogen-bond donors (Lipinski definition) is 0. The Bertz CT molecular complexity index is 941. The summed E-state index contributed by atoms with van der Waals surface area (Å²) in [6.45, 7) is 6.51. The van der Waals surface area contributed by atoms with E-state index in [0.717, 1.165) is 32.0 Å². The van der Waals surface area contributed by atoms with E-state index in [0.29, 0.717) is 6.54 Å². The summed E-state index contributed by atoms with van der Waals surface area (Å²) in [5.74, 6) is 0.850. The van der Waals surface area contributed by atoms with Crippen LogP contribution in [0.3, 0.4) is 0 Å². The van der Waals surface area contributed by atoms with E-state index < -0.39 is 0 Å². The van der Waals surface area contributed by atoms with E-state index >= 15 is 0 Å². The molecule has 0 aliphatic carbocycles. The van der Waals surface area contributed by atoms with Gasteiger partial charge in [-0.05, 0) is 61.0 Å². The van der Waals surface area contributed by atoms with Crippen molar-refractivity contribution in [3.63, 3.8) is 0 Å². The number of methoxy groups -OCH3 is 1. The van der Waals surface area contributed by atoms with Gasteiger partial charge in [-0.2, -0.15) is 0 Å². The smallest absolute Gasteiger partial charge is 0.190 e. The molecule has 0 atom stereocenters. The van der Waals surface area contributed by atoms with Crippen LogP contribution in [0.5, 0.6) is 5.75 Å². The summed E-state index contributed by atoms with van der Waals surface area (Å²) in [4.78, 5) is 6.87. The van der Waals surface area contributed by atoms with Gasteiger partial charge in [0.15, 0.2) is 4.80 Å². The number of nitrogens with zero attached hydrogens (tertiary/aromatic N) is 2. The minimum absolute atomic E-state index is 0. The van der Waals surface area contributed by atoms with Crippen LogP contribution in [0.4, 0.5) is 0 Å². The van der Waals surface area contributed by atoms with Gasteiger partial charge in [0.1, 0.15) is 5.75 Å². The maximum absolute atomic E-state index is 5.28. The van der Waals surface area contributed by atoms with Crippen LogP contribution in [-0.4, -0.2) is 18.2 Å². The van der Waals surface area contributed by atoms with Gasteiger partial charge in [0, 0.05) is 15.0 Å². The van der Waals surface area contributed by atoms with E-state index in [-0.39, 0.29) is 17.0 Å². The van der Waals surface area contributed by atoms with E-state index in [1.807, 2.05) is 30.3 Å². The van der Waals surface area contributed by atoms with Crippen LogP contribution in [0.25, 0.3) is 16.9 Å². The van der Waals surface area contributed by atoms with Crippen molar-refractivity contribution in [2.24, 2.45) is 4.99 Å². The zero-order valence-electron chi connectivity index (χ0n) is 14.6. The highest BCUT2D eigenvalue weighted by atomic mass is 79.9. The van der Waals surface area contributed by atoms with Crippen molar-refractivity contribution in [2.75, 3.05) is 13.7 Å². The van der Waals surface area contributed by atoms with Gasteiger partial charge in [0.05, 0.1) is 19.3 Å². The van der Waals surface area contributed by atoms with Crippen molar-refractivity contribution in [3.8, 4) is 22.7 Å². The maximum Gasteiger partial charge on any atom is 0.190 e. The minimum Gasteiger partial charge on any atom is -0.497 e. The first kappa shape index (κ1) is 20.7. The summed E-state index contributed by atoms with van der Waals surface area (Å²) < 4.78 is 8.54. The van der Waals surface area contributed by atoms with Crippen molar-refractivity contribution >= 4 is 44.2 Å². The number of thiazole rings is 1. The molecule has 3 nitrogen and oxygen atoms in total. The molecule has 0 N–H and O–H groups in total. The summed E-state index contributed by atoms with van der Waals surface area (Å²) in [6.07, 6.45) is 1.81. The van der Waals surface area contributed by atoms with Crippen LogP contribution in [0.15, 0.2) is 70.7 Å². The van der Waals surface area contributed by atoms with Crippen LogP contribution < -0.4 is 9.54 Å². The highest BCUT2D eigenvalue weighted by molar-refractivity contribution is 9.10. The highest BCUT2D eigenvalue weighted by Crippen LogP contribution is 2.29. The Kier molecular flexibility index (Phi) is 7.43. The molecule has 0 unspecified atom stereocenters. The molecule has 3 rings (SSSR count). The van der Waals surface area contributed by atoms with Gasteiger partial charge < -0.3 is 4.74 Å². The molecule has 136 valence electrons. The molecule has 6 heteroatoms. The number of rotatable bonds is 5. The van der Waals surface area contributed by atoms with Gasteiger partial charge in [0.2, 0.25) is 0 Å². The molecule has 0 amide bonds. The monoisotopic (exact) mass is 494 g/mol. The SMILES string of the molecule is Br.C=CCN=c1sc(C)c(-c2ccc(OC)cc2)n1-c1ccc(Br)cc1. The largest absolute Gasteiger partial charge is 0.497 e. The van der Waals surface area contributed by atoms with E-state index in [1.165, 1.54) is 4.88 Å². The van der Waals surface area contributed by atoms with Gasteiger partial charge in [0.25, 0.3) is 0 Å². The van der Waals surface area contributed by atoms with Gasteiger partial charge >= 0.3 is 0 Å². The van der Waals surface area contributed by atoms with Crippen molar-refractivity contribution < 1.29 is 4.74 Å².